The second-order valence-electron chi connectivity index (χ2n) is 5.71. The Morgan fingerprint density at radius 2 is 2.19 bits per heavy atom. The third kappa shape index (κ3) is 4.05. The lowest BCUT2D eigenvalue weighted by atomic mass is 9.83. The highest BCUT2D eigenvalue weighted by Crippen LogP contribution is 2.40. The summed E-state index contributed by atoms with van der Waals surface area (Å²) in [4.78, 5) is 16.3. The Hall–Kier alpha value is -1.86. The molecule has 0 aromatic carbocycles. The first-order valence-electron chi connectivity index (χ1n) is 7.61. The van der Waals surface area contributed by atoms with Gasteiger partial charge in [-0.2, -0.15) is 0 Å². The minimum absolute atomic E-state index is 0.0707. The number of aromatic nitrogens is 1. The molecule has 1 saturated carbocycles. The highest BCUT2D eigenvalue weighted by atomic mass is 16.1. The van der Waals surface area contributed by atoms with Gasteiger partial charge in [-0.15, -0.1) is 0 Å². The molecule has 0 spiro atoms. The fraction of sp³-hybridized carbons (Fsp3) is 0.529. The largest absolute Gasteiger partial charge is 0.351 e. The zero-order chi connectivity index (χ0) is 15.1. The molecule has 2 rings (SSSR count). The first-order valence-corrected chi connectivity index (χ1v) is 7.61. The van der Waals surface area contributed by atoms with Crippen molar-refractivity contribution in [1.82, 2.24) is 10.3 Å². The van der Waals surface area contributed by atoms with Crippen molar-refractivity contribution in [3.05, 3.63) is 29.6 Å². The van der Waals surface area contributed by atoms with Crippen LogP contribution in [0.4, 0.5) is 0 Å². The Kier molecular flexibility index (Phi) is 5.35. The van der Waals surface area contributed by atoms with Crippen LogP contribution in [0.2, 0.25) is 0 Å². The monoisotopic (exact) mass is 285 g/mol. The van der Waals surface area contributed by atoms with Crippen molar-refractivity contribution in [2.75, 3.05) is 13.1 Å². The van der Waals surface area contributed by atoms with Gasteiger partial charge in [0.15, 0.2) is 0 Å². The van der Waals surface area contributed by atoms with Crippen molar-refractivity contribution in [3.63, 3.8) is 0 Å². The summed E-state index contributed by atoms with van der Waals surface area (Å²) in [5.74, 6) is 5.60. The van der Waals surface area contributed by atoms with Crippen molar-refractivity contribution >= 4 is 5.91 Å². The Morgan fingerprint density at radius 1 is 1.43 bits per heavy atom. The van der Waals surface area contributed by atoms with Gasteiger partial charge in [0.1, 0.15) is 0 Å². The van der Waals surface area contributed by atoms with Crippen LogP contribution in [0.3, 0.4) is 0 Å². The van der Waals surface area contributed by atoms with Crippen LogP contribution in [0.5, 0.6) is 0 Å². The SMILES string of the molecule is CCC1(CNC(=O)c2cncc(C#CCN)c2)CCCC1. The molecule has 0 bridgehead atoms. The number of amides is 1. The average Bonchev–Trinajstić information content (AvgIpc) is 3.00. The summed E-state index contributed by atoms with van der Waals surface area (Å²) in [6.07, 6.45) is 9.31. The first kappa shape index (κ1) is 15.5. The molecule has 3 N–H and O–H groups in total. The minimum Gasteiger partial charge on any atom is -0.351 e. The van der Waals surface area contributed by atoms with Gasteiger partial charge in [0.2, 0.25) is 0 Å². The summed E-state index contributed by atoms with van der Waals surface area (Å²) in [5, 5.41) is 3.06. The number of pyridine rings is 1. The van der Waals surface area contributed by atoms with Crippen LogP contribution in [-0.2, 0) is 0 Å². The molecule has 1 fully saturated rings. The van der Waals surface area contributed by atoms with Crippen molar-refractivity contribution in [1.29, 1.82) is 0 Å². The smallest absolute Gasteiger partial charge is 0.252 e. The zero-order valence-electron chi connectivity index (χ0n) is 12.6. The summed E-state index contributed by atoms with van der Waals surface area (Å²) in [5.41, 5.74) is 6.92. The van der Waals surface area contributed by atoms with Crippen LogP contribution in [0.15, 0.2) is 18.5 Å². The maximum atomic E-state index is 12.3. The standard InChI is InChI=1S/C17H23N3O/c1-2-17(7-3-4-8-17)13-20-16(21)15-10-14(6-5-9-18)11-19-12-15/h10-12H,2-4,7-9,13,18H2,1H3,(H,20,21). The Bertz CT molecular complexity index is 551. The molecule has 0 unspecified atom stereocenters. The van der Waals surface area contributed by atoms with Crippen LogP contribution < -0.4 is 11.1 Å². The van der Waals surface area contributed by atoms with E-state index in [0.717, 1.165) is 18.5 Å². The molecule has 1 heterocycles. The minimum atomic E-state index is -0.0707. The average molecular weight is 285 g/mol. The summed E-state index contributed by atoms with van der Waals surface area (Å²) in [7, 11) is 0. The topological polar surface area (TPSA) is 68.0 Å². The van der Waals surface area contributed by atoms with E-state index in [1.165, 1.54) is 25.7 Å². The molecule has 4 heteroatoms. The lowest BCUT2D eigenvalue weighted by molar-refractivity contribution is 0.0928. The summed E-state index contributed by atoms with van der Waals surface area (Å²) in [6, 6.07) is 1.76. The molecule has 1 aliphatic carbocycles. The van der Waals surface area contributed by atoms with E-state index in [1.54, 1.807) is 18.5 Å². The number of hydrogen-bond acceptors (Lipinski definition) is 3. The van der Waals surface area contributed by atoms with Crippen LogP contribution in [0.1, 0.15) is 54.9 Å². The van der Waals surface area contributed by atoms with Crippen molar-refractivity contribution in [3.8, 4) is 11.8 Å². The van der Waals surface area contributed by atoms with E-state index in [2.05, 4.69) is 29.1 Å². The zero-order valence-corrected chi connectivity index (χ0v) is 12.6. The lowest BCUT2D eigenvalue weighted by Gasteiger charge is -2.27. The molecular formula is C17H23N3O. The maximum absolute atomic E-state index is 12.3. The van der Waals surface area contributed by atoms with E-state index >= 15 is 0 Å². The normalized spacial score (nSPS) is 16.1. The predicted molar refractivity (Wildman–Crippen MR) is 83.7 cm³/mol. The molecule has 112 valence electrons. The molecular weight excluding hydrogens is 262 g/mol. The Labute approximate surface area is 126 Å². The molecule has 21 heavy (non-hydrogen) atoms. The number of carbonyl (C=O) groups excluding carboxylic acids is 1. The predicted octanol–water partition coefficient (Wildman–Crippen LogP) is 2.09. The molecule has 1 aromatic rings. The molecule has 0 saturated heterocycles. The van der Waals surface area contributed by atoms with E-state index in [-0.39, 0.29) is 5.91 Å². The Balaban J connectivity index is 2.00. The van der Waals surface area contributed by atoms with Gasteiger partial charge in [-0.3, -0.25) is 9.78 Å². The second-order valence-corrected chi connectivity index (χ2v) is 5.71. The first-order chi connectivity index (χ1) is 10.2. The van der Waals surface area contributed by atoms with Gasteiger partial charge in [0, 0.05) is 24.5 Å². The fourth-order valence-corrected chi connectivity index (χ4v) is 2.94. The number of rotatable bonds is 4. The van der Waals surface area contributed by atoms with Gasteiger partial charge in [-0.1, -0.05) is 31.6 Å². The van der Waals surface area contributed by atoms with Gasteiger partial charge in [0.05, 0.1) is 12.1 Å². The van der Waals surface area contributed by atoms with Crippen LogP contribution >= 0.6 is 0 Å². The highest BCUT2D eigenvalue weighted by molar-refractivity contribution is 5.94. The number of nitrogens with two attached hydrogens (primary N) is 1. The second kappa shape index (κ2) is 7.24. The summed E-state index contributed by atoms with van der Waals surface area (Å²) >= 11 is 0. The molecule has 1 aromatic heterocycles. The summed E-state index contributed by atoms with van der Waals surface area (Å²) < 4.78 is 0. The van der Waals surface area contributed by atoms with E-state index in [1.807, 2.05) is 0 Å². The van der Waals surface area contributed by atoms with E-state index in [4.69, 9.17) is 5.73 Å². The number of nitrogens with zero attached hydrogens (tertiary/aromatic N) is 1. The fourth-order valence-electron chi connectivity index (χ4n) is 2.94. The van der Waals surface area contributed by atoms with Crippen molar-refractivity contribution < 1.29 is 4.79 Å². The summed E-state index contributed by atoms with van der Waals surface area (Å²) in [6.45, 7) is 3.26. The molecule has 0 aliphatic heterocycles. The van der Waals surface area contributed by atoms with Crippen molar-refractivity contribution in [2.45, 2.75) is 39.0 Å². The molecule has 1 amide bonds. The van der Waals surface area contributed by atoms with E-state index in [0.29, 0.717) is 17.5 Å². The number of carbonyl (C=O) groups is 1. The third-order valence-electron chi connectivity index (χ3n) is 4.37. The number of nitrogens with one attached hydrogen (secondary N) is 1. The van der Waals surface area contributed by atoms with Gasteiger partial charge in [0.25, 0.3) is 5.91 Å². The maximum Gasteiger partial charge on any atom is 0.252 e. The van der Waals surface area contributed by atoms with Gasteiger partial charge in [-0.05, 0) is 30.7 Å². The van der Waals surface area contributed by atoms with Crippen LogP contribution in [0.25, 0.3) is 0 Å². The number of hydrogen-bond donors (Lipinski definition) is 2. The molecule has 1 aliphatic rings. The van der Waals surface area contributed by atoms with Gasteiger partial charge < -0.3 is 11.1 Å². The van der Waals surface area contributed by atoms with Gasteiger partial charge in [-0.25, -0.2) is 0 Å². The van der Waals surface area contributed by atoms with Gasteiger partial charge >= 0.3 is 0 Å². The third-order valence-corrected chi connectivity index (χ3v) is 4.37. The highest BCUT2D eigenvalue weighted by Gasteiger charge is 2.32. The molecule has 4 nitrogen and oxygen atoms in total. The molecule has 0 radical (unpaired) electrons. The lowest BCUT2D eigenvalue weighted by Crippen LogP contribution is -2.35. The van der Waals surface area contributed by atoms with E-state index in [9.17, 15) is 4.79 Å². The van der Waals surface area contributed by atoms with Crippen molar-refractivity contribution in [2.24, 2.45) is 11.1 Å². The van der Waals surface area contributed by atoms with Crippen LogP contribution in [0, 0.1) is 17.3 Å². The Morgan fingerprint density at radius 3 is 2.86 bits per heavy atom. The quantitative estimate of drug-likeness (QED) is 0.832. The molecule has 0 atom stereocenters. The van der Waals surface area contributed by atoms with E-state index < -0.39 is 0 Å². The van der Waals surface area contributed by atoms with Crippen LogP contribution in [-0.4, -0.2) is 24.0 Å².